The average Bonchev–Trinajstić information content (AvgIpc) is 3.11. The molecule has 31 heavy (non-hydrogen) atoms. The number of thiazole rings is 1. The van der Waals surface area contributed by atoms with E-state index in [1.165, 1.54) is 53.3 Å². The van der Waals surface area contributed by atoms with Gasteiger partial charge in [-0.1, -0.05) is 18.9 Å². The number of rotatable bonds is 8. The minimum absolute atomic E-state index is 0.147. The average molecular weight is 463 g/mol. The Bertz CT molecular complexity index is 922. The first-order chi connectivity index (χ1) is 15.0. The number of benzene rings is 1. The fourth-order valence-electron chi connectivity index (χ4n) is 3.46. The van der Waals surface area contributed by atoms with Gasteiger partial charge in [-0.25, -0.2) is 4.98 Å². The van der Waals surface area contributed by atoms with Crippen molar-refractivity contribution in [2.24, 2.45) is 0 Å². The zero-order valence-electron chi connectivity index (χ0n) is 17.4. The third-order valence-corrected chi connectivity index (χ3v) is 6.84. The largest absolute Gasteiger partial charge is 0.340 e. The zero-order chi connectivity index (χ0) is 22.2. The molecule has 8 nitrogen and oxygen atoms in total. The van der Waals surface area contributed by atoms with E-state index in [9.17, 15) is 19.7 Å². The molecule has 0 radical (unpaired) electrons. The van der Waals surface area contributed by atoms with Gasteiger partial charge >= 0.3 is 0 Å². The molecule has 3 rings (SSSR count). The Morgan fingerprint density at radius 1 is 1.26 bits per heavy atom. The SMILES string of the molecule is CSCCC(NC(=O)c1cccc([N+](=O)[O-])c1)C(=O)Nc1nc2c(s1)CCCCCC2. The third kappa shape index (κ3) is 6.51. The summed E-state index contributed by atoms with van der Waals surface area (Å²) in [5.41, 5.74) is 1.05. The number of amides is 2. The Hall–Kier alpha value is -2.46. The number of fused-ring (bicyclic) bond motifs is 1. The van der Waals surface area contributed by atoms with Gasteiger partial charge in [-0.15, -0.1) is 11.3 Å². The first kappa shape index (κ1) is 23.2. The number of aromatic nitrogens is 1. The van der Waals surface area contributed by atoms with Crippen LogP contribution in [0.4, 0.5) is 10.8 Å². The molecule has 1 unspecified atom stereocenters. The number of hydrogen-bond acceptors (Lipinski definition) is 7. The second-order valence-corrected chi connectivity index (χ2v) is 9.48. The van der Waals surface area contributed by atoms with Crippen LogP contribution in [0.5, 0.6) is 0 Å². The molecule has 1 aliphatic rings. The number of non-ortho nitro benzene ring substituents is 1. The Morgan fingerprint density at radius 2 is 2.03 bits per heavy atom. The molecule has 10 heteroatoms. The number of anilines is 1. The van der Waals surface area contributed by atoms with Gasteiger partial charge in [0.15, 0.2) is 5.13 Å². The van der Waals surface area contributed by atoms with Crippen molar-refractivity contribution in [1.82, 2.24) is 10.3 Å². The van der Waals surface area contributed by atoms with E-state index in [4.69, 9.17) is 0 Å². The smallest absolute Gasteiger partial charge is 0.270 e. The van der Waals surface area contributed by atoms with Crippen molar-refractivity contribution in [2.75, 3.05) is 17.3 Å². The van der Waals surface area contributed by atoms with Gasteiger partial charge in [-0.05, 0) is 50.2 Å². The highest BCUT2D eigenvalue weighted by Crippen LogP contribution is 2.28. The number of aryl methyl sites for hydroxylation is 2. The van der Waals surface area contributed by atoms with Crippen LogP contribution in [-0.2, 0) is 17.6 Å². The first-order valence-corrected chi connectivity index (χ1v) is 12.5. The number of carbonyl (C=O) groups is 2. The van der Waals surface area contributed by atoms with Crippen molar-refractivity contribution in [3.05, 3.63) is 50.5 Å². The summed E-state index contributed by atoms with van der Waals surface area (Å²) in [5, 5.41) is 17.1. The van der Waals surface area contributed by atoms with Crippen molar-refractivity contribution in [1.29, 1.82) is 0 Å². The molecule has 166 valence electrons. The number of nitro benzene ring substituents is 1. The van der Waals surface area contributed by atoms with Gasteiger partial charge in [0.1, 0.15) is 6.04 Å². The number of nitrogens with one attached hydrogen (secondary N) is 2. The van der Waals surface area contributed by atoms with Crippen LogP contribution in [0, 0.1) is 10.1 Å². The molecule has 0 bridgehead atoms. The van der Waals surface area contributed by atoms with Gasteiger partial charge in [-0.2, -0.15) is 11.8 Å². The maximum atomic E-state index is 12.9. The van der Waals surface area contributed by atoms with E-state index in [2.05, 4.69) is 15.6 Å². The highest BCUT2D eigenvalue weighted by Gasteiger charge is 2.24. The molecule has 1 heterocycles. The van der Waals surface area contributed by atoms with Crippen molar-refractivity contribution in [2.45, 2.75) is 51.0 Å². The van der Waals surface area contributed by atoms with Gasteiger partial charge in [0, 0.05) is 22.6 Å². The van der Waals surface area contributed by atoms with Crippen LogP contribution in [0.3, 0.4) is 0 Å². The number of hydrogen-bond donors (Lipinski definition) is 2. The molecule has 1 aromatic heterocycles. The van der Waals surface area contributed by atoms with Gasteiger partial charge in [0.2, 0.25) is 5.91 Å². The van der Waals surface area contributed by atoms with Crippen LogP contribution in [0.2, 0.25) is 0 Å². The highest BCUT2D eigenvalue weighted by molar-refractivity contribution is 7.98. The van der Waals surface area contributed by atoms with Crippen LogP contribution >= 0.6 is 23.1 Å². The fourth-order valence-corrected chi connectivity index (χ4v) is 4.98. The fraction of sp³-hybridized carbons (Fsp3) is 0.476. The highest BCUT2D eigenvalue weighted by atomic mass is 32.2. The standard InChI is InChI=1S/C21H26N4O4S2/c1-30-12-11-17(22-19(26)14-7-6-8-15(13-14)25(28)29)20(27)24-21-23-16-9-4-2-3-5-10-18(16)31-21/h6-8,13,17H,2-5,9-12H2,1H3,(H,22,26)(H,23,24,27). The van der Waals surface area contributed by atoms with Crippen molar-refractivity contribution < 1.29 is 14.5 Å². The predicted molar refractivity (Wildman–Crippen MR) is 124 cm³/mol. The maximum Gasteiger partial charge on any atom is 0.270 e. The lowest BCUT2D eigenvalue weighted by molar-refractivity contribution is -0.384. The summed E-state index contributed by atoms with van der Waals surface area (Å²) in [5.74, 6) is -0.160. The molecular formula is C21H26N4O4S2. The molecular weight excluding hydrogens is 436 g/mol. The van der Waals surface area contributed by atoms with E-state index in [0.717, 1.165) is 31.4 Å². The first-order valence-electron chi connectivity index (χ1n) is 10.3. The number of thioether (sulfide) groups is 1. The van der Waals surface area contributed by atoms with Crippen molar-refractivity contribution in [3.8, 4) is 0 Å². The van der Waals surface area contributed by atoms with E-state index in [-0.39, 0.29) is 17.2 Å². The van der Waals surface area contributed by atoms with Crippen LogP contribution < -0.4 is 10.6 Å². The molecule has 1 atom stereocenters. The Kier molecular flexibility index (Phi) is 8.42. The van der Waals surface area contributed by atoms with E-state index in [1.807, 2.05) is 6.26 Å². The quantitative estimate of drug-likeness (QED) is 0.449. The van der Waals surface area contributed by atoms with Gasteiger partial charge in [-0.3, -0.25) is 19.7 Å². The molecule has 0 aliphatic heterocycles. The lowest BCUT2D eigenvalue weighted by atomic mass is 10.0. The molecule has 0 fully saturated rings. The van der Waals surface area contributed by atoms with Crippen molar-refractivity contribution >= 4 is 45.7 Å². The monoisotopic (exact) mass is 462 g/mol. The zero-order valence-corrected chi connectivity index (χ0v) is 19.0. The molecule has 2 aromatic rings. The minimum Gasteiger partial charge on any atom is -0.340 e. The second kappa shape index (κ2) is 11.2. The van der Waals surface area contributed by atoms with E-state index in [1.54, 1.807) is 11.8 Å². The minimum atomic E-state index is -0.759. The summed E-state index contributed by atoms with van der Waals surface area (Å²) in [6, 6.07) is 4.72. The molecule has 1 aromatic carbocycles. The molecule has 0 spiro atoms. The predicted octanol–water partition coefficient (Wildman–Crippen LogP) is 4.20. The number of nitrogens with zero attached hydrogens (tertiary/aromatic N) is 2. The van der Waals surface area contributed by atoms with Crippen LogP contribution in [0.1, 0.15) is 53.0 Å². The lowest BCUT2D eigenvalue weighted by Gasteiger charge is -2.17. The van der Waals surface area contributed by atoms with Crippen LogP contribution in [-0.4, -0.2) is 39.8 Å². The van der Waals surface area contributed by atoms with Crippen LogP contribution in [0.25, 0.3) is 0 Å². The normalized spacial score (nSPS) is 14.6. The number of nitro groups is 1. The van der Waals surface area contributed by atoms with Gasteiger partial charge in [0.05, 0.1) is 10.6 Å². The Labute approximate surface area is 189 Å². The molecule has 2 N–H and O–H groups in total. The Morgan fingerprint density at radius 3 is 2.77 bits per heavy atom. The molecule has 2 amide bonds. The van der Waals surface area contributed by atoms with E-state index in [0.29, 0.717) is 17.3 Å². The maximum absolute atomic E-state index is 12.9. The topological polar surface area (TPSA) is 114 Å². The summed E-state index contributed by atoms with van der Waals surface area (Å²) in [6.07, 6.45) is 8.97. The molecule has 0 saturated heterocycles. The van der Waals surface area contributed by atoms with Gasteiger partial charge in [0.25, 0.3) is 11.6 Å². The van der Waals surface area contributed by atoms with Crippen LogP contribution in [0.15, 0.2) is 24.3 Å². The summed E-state index contributed by atoms with van der Waals surface area (Å²) in [7, 11) is 0. The summed E-state index contributed by atoms with van der Waals surface area (Å²) < 4.78 is 0. The molecule has 0 saturated carbocycles. The summed E-state index contributed by atoms with van der Waals surface area (Å²) >= 11 is 3.09. The second-order valence-electron chi connectivity index (χ2n) is 7.41. The third-order valence-electron chi connectivity index (χ3n) is 5.13. The summed E-state index contributed by atoms with van der Waals surface area (Å²) in [6.45, 7) is 0. The Balaban J connectivity index is 1.70. The molecule has 1 aliphatic carbocycles. The van der Waals surface area contributed by atoms with Crippen molar-refractivity contribution in [3.63, 3.8) is 0 Å². The lowest BCUT2D eigenvalue weighted by Crippen LogP contribution is -2.44. The number of carbonyl (C=O) groups excluding carboxylic acids is 2. The summed E-state index contributed by atoms with van der Waals surface area (Å²) in [4.78, 5) is 41.9. The van der Waals surface area contributed by atoms with Gasteiger partial charge < -0.3 is 10.6 Å². The van der Waals surface area contributed by atoms with E-state index >= 15 is 0 Å². The van der Waals surface area contributed by atoms with E-state index < -0.39 is 16.9 Å².